The number of nitrogens with two attached hydrogens (primary N) is 2. The van der Waals surface area contributed by atoms with Crippen LogP contribution in [0.1, 0.15) is 30.2 Å². The van der Waals surface area contributed by atoms with E-state index in [9.17, 15) is 9.59 Å². The number of likely N-dealkylation sites (tertiary alicyclic amines) is 1. The van der Waals surface area contributed by atoms with Crippen LogP contribution in [0.15, 0.2) is 17.5 Å². The van der Waals surface area contributed by atoms with Crippen molar-refractivity contribution >= 4 is 23.2 Å². The molecule has 2 atom stereocenters. The maximum Gasteiger partial charge on any atom is 0.245 e. The number of hydrogen-bond donors (Lipinski definition) is 2. The molecule has 1 aliphatic rings. The average Bonchev–Trinajstić information content (AvgIpc) is 2.90. The predicted molar refractivity (Wildman–Crippen MR) is 69.8 cm³/mol. The molecule has 1 aromatic heterocycles. The van der Waals surface area contributed by atoms with Crippen molar-refractivity contribution in [1.29, 1.82) is 0 Å². The summed E-state index contributed by atoms with van der Waals surface area (Å²) in [6, 6.07) is 2.49. The summed E-state index contributed by atoms with van der Waals surface area (Å²) < 4.78 is 0. The number of thiophene rings is 1. The molecule has 1 aromatic rings. The molecule has 0 bridgehead atoms. The minimum Gasteiger partial charge on any atom is -0.368 e. The van der Waals surface area contributed by atoms with Crippen LogP contribution in [0, 0.1) is 0 Å². The van der Waals surface area contributed by atoms with Crippen molar-refractivity contribution < 1.29 is 9.59 Å². The lowest BCUT2D eigenvalue weighted by Crippen LogP contribution is -2.52. The van der Waals surface area contributed by atoms with E-state index in [0.717, 1.165) is 17.7 Å². The molecule has 0 aliphatic carbocycles. The second-order valence-corrected chi connectivity index (χ2v) is 5.42. The number of hydrogen-bond acceptors (Lipinski definition) is 4. The van der Waals surface area contributed by atoms with E-state index in [4.69, 9.17) is 11.5 Å². The molecule has 2 heterocycles. The van der Waals surface area contributed by atoms with E-state index >= 15 is 0 Å². The monoisotopic (exact) mass is 267 g/mol. The first-order valence-corrected chi connectivity index (χ1v) is 6.88. The van der Waals surface area contributed by atoms with Gasteiger partial charge in [-0.2, -0.15) is 0 Å². The molecule has 2 rings (SSSR count). The first-order chi connectivity index (χ1) is 8.61. The lowest BCUT2D eigenvalue weighted by Gasteiger charge is -2.35. The molecule has 1 aliphatic heterocycles. The van der Waals surface area contributed by atoms with Crippen LogP contribution in [0.2, 0.25) is 0 Å². The van der Waals surface area contributed by atoms with E-state index < -0.39 is 18.0 Å². The van der Waals surface area contributed by atoms with Crippen LogP contribution in [0.3, 0.4) is 0 Å². The summed E-state index contributed by atoms with van der Waals surface area (Å²) in [4.78, 5) is 26.0. The molecule has 0 spiro atoms. The highest BCUT2D eigenvalue weighted by Crippen LogP contribution is 2.23. The van der Waals surface area contributed by atoms with Gasteiger partial charge >= 0.3 is 0 Å². The molecule has 1 fully saturated rings. The zero-order valence-electron chi connectivity index (χ0n) is 10.0. The Morgan fingerprint density at radius 3 is 2.83 bits per heavy atom. The molecule has 1 saturated heterocycles. The van der Waals surface area contributed by atoms with Gasteiger partial charge in [0.15, 0.2) is 0 Å². The largest absolute Gasteiger partial charge is 0.368 e. The Kier molecular flexibility index (Phi) is 3.98. The van der Waals surface area contributed by atoms with Gasteiger partial charge in [-0.15, -0.1) is 11.3 Å². The van der Waals surface area contributed by atoms with E-state index in [-0.39, 0.29) is 5.91 Å². The number of carbonyl (C=O) groups is 2. The maximum absolute atomic E-state index is 12.3. The molecule has 2 unspecified atom stereocenters. The third-order valence-corrected chi connectivity index (χ3v) is 4.19. The number of carbonyl (C=O) groups excluding carboxylic acids is 2. The van der Waals surface area contributed by atoms with Crippen LogP contribution in [-0.2, 0) is 9.59 Å². The van der Waals surface area contributed by atoms with Crippen LogP contribution >= 0.6 is 11.3 Å². The van der Waals surface area contributed by atoms with Gasteiger partial charge in [0.1, 0.15) is 12.1 Å². The van der Waals surface area contributed by atoms with Gasteiger partial charge in [-0.1, -0.05) is 6.07 Å². The van der Waals surface area contributed by atoms with Crippen molar-refractivity contribution in [3.05, 3.63) is 22.4 Å². The fourth-order valence-corrected chi connectivity index (χ4v) is 2.98. The topological polar surface area (TPSA) is 89.4 Å². The van der Waals surface area contributed by atoms with Gasteiger partial charge in [0.05, 0.1) is 0 Å². The second kappa shape index (κ2) is 5.49. The molecular formula is C12H17N3O2S. The lowest BCUT2D eigenvalue weighted by molar-refractivity contribution is -0.142. The van der Waals surface area contributed by atoms with Crippen LogP contribution in [0.25, 0.3) is 0 Å². The summed E-state index contributed by atoms with van der Waals surface area (Å²) in [5.41, 5.74) is 11.3. The summed E-state index contributed by atoms with van der Waals surface area (Å²) in [5, 5.41) is 1.88. The predicted octanol–water partition coefficient (Wildman–Crippen LogP) is 0.614. The highest BCUT2D eigenvalue weighted by Gasteiger charge is 2.33. The molecule has 5 nitrogen and oxygen atoms in total. The van der Waals surface area contributed by atoms with E-state index in [1.807, 2.05) is 17.5 Å². The van der Waals surface area contributed by atoms with Crippen molar-refractivity contribution in [2.75, 3.05) is 6.54 Å². The highest BCUT2D eigenvalue weighted by molar-refractivity contribution is 7.10. The summed E-state index contributed by atoms with van der Waals surface area (Å²) >= 11 is 1.44. The standard InChI is InChI=1S/C12H17N3O2S/c13-10(9-5-3-7-18-9)12(17)15-6-2-1-4-8(15)11(14)16/h3,5,7-8,10H,1-2,4,6,13H2,(H2,14,16). The zero-order valence-corrected chi connectivity index (χ0v) is 10.9. The lowest BCUT2D eigenvalue weighted by atomic mass is 10.0. The number of piperidine rings is 1. The third kappa shape index (κ3) is 2.54. The Morgan fingerprint density at radius 1 is 1.44 bits per heavy atom. The SMILES string of the molecule is NC(=O)C1CCCCN1C(=O)C(N)c1cccs1. The molecular weight excluding hydrogens is 250 g/mol. The van der Waals surface area contributed by atoms with Crippen molar-refractivity contribution in [3.8, 4) is 0 Å². The van der Waals surface area contributed by atoms with Crippen molar-refractivity contribution in [2.45, 2.75) is 31.3 Å². The summed E-state index contributed by atoms with van der Waals surface area (Å²) in [5.74, 6) is -0.651. The van der Waals surface area contributed by atoms with E-state index in [1.54, 1.807) is 0 Å². The fraction of sp³-hybridized carbons (Fsp3) is 0.500. The number of nitrogens with zero attached hydrogens (tertiary/aromatic N) is 1. The zero-order chi connectivity index (χ0) is 13.1. The minimum absolute atomic E-state index is 0.207. The van der Waals surface area contributed by atoms with Gasteiger partial charge in [0, 0.05) is 11.4 Å². The molecule has 18 heavy (non-hydrogen) atoms. The molecule has 4 N–H and O–H groups in total. The molecule has 2 amide bonds. The normalized spacial score (nSPS) is 21.6. The molecule has 6 heteroatoms. The highest BCUT2D eigenvalue weighted by atomic mass is 32.1. The Morgan fingerprint density at radius 2 is 2.22 bits per heavy atom. The van der Waals surface area contributed by atoms with Crippen molar-refractivity contribution in [2.24, 2.45) is 11.5 Å². The molecule has 0 saturated carbocycles. The second-order valence-electron chi connectivity index (χ2n) is 4.44. The Labute approximate surface area is 110 Å². The Bertz CT molecular complexity index is 433. The number of amides is 2. The van der Waals surface area contributed by atoms with Gasteiger partial charge in [-0.25, -0.2) is 0 Å². The van der Waals surface area contributed by atoms with Crippen LogP contribution in [0.4, 0.5) is 0 Å². The summed E-state index contributed by atoms with van der Waals surface area (Å²) in [6.07, 6.45) is 2.45. The first kappa shape index (κ1) is 13.0. The average molecular weight is 267 g/mol. The van der Waals surface area contributed by atoms with Crippen LogP contribution in [-0.4, -0.2) is 29.3 Å². The van der Waals surface area contributed by atoms with Gasteiger partial charge in [-0.05, 0) is 30.7 Å². The van der Waals surface area contributed by atoms with Gasteiger partial charge in [0.25, 0.3) is 0 Å². The Hall–Kier alpha value is -1.40. The Balaban J connectivity index is 2.13. The first-order valence-electron chi connectivity index (χ1n) is 6.00. The third-order valence-electron chi connectivity index (χ3n) is 3.23. The van der Waals surface area contributed by atoms with E-state index in [2.05, 4.69) is 0 Å². The van der Waals surface area contributed by atoms with Crippen molar-refractivity contribution in [3.63, 3.8) is 0 Å². The molecule has 98 valence electrons. The summed E-state index contributed by atoms with van der Waals surface area (Å²) in [7, 11) is 0. The fourth-order valence-electron chi connectivity index (χ4n) is 2.26. The van der Waals surface area contributed by atoms with Gasteiger partial charge in [-0.3, -0.25) is 9.59 Å². The van der Waals surface area contributed by atoms with Gasteiger partial charge in [0.2, 0.25) is 11.8 Å². The van der Waals surface area contributed by atoms with E-state index in [0.29, 0.717) is 13.0 Å². The van der Waals surface area contributed by atoms with E-state index in [1.165, 1.54) is 16.2 Å². The number of primary amides is 1. The van der Waals surface area contributed by atoms with Crippen molar-refractivity contribution in [1.82, 2.24) is 4.90 Å². The minimum atomic E-state index is -0.690. The van der Waals surface area contributed by atoms with Crippen LogP contribution < -0.4 is 11.5 Å². The molecule has 0 aromatic carbocycles. The number of rotatable bonds is 3. The molecule has 0 radical (unpaired) electrons. The van der Waals surface area contributed by atoms with Gasteiger partial charge < -0.3 is 16.4 Å². The maximum atomic E-state index is 12.3. The smallest absolute Gasteiger partial charge is 0.245 e. The quantitative estimate of drug-likeness (QED) is 0.841. The van der Waals surface area contributed by atoms with Crippen LogP contribution in [0.5, 0.6) is 0 Å². The summed E-state index contributed by atoms with van der Waals surface area (Å²) in [6.45, 7) is 0.561.